The summed E-state index contributed by atoms with van der Waals surface area (Å²) >= 11 is 6.94. The maximum Gasteiger partial charge on any atom is 0.220 e. The first-order valence-electron chi connectivity index (χ1n) is 5.54. The van der Waals surface area contributed by atoms with Crippen molar-refractivity contribution < 1.29 is 14.7 Å². The largest absolute Gasteiger partial charge is 0.394 e. The van der Waals surface area contributed by atoms with E-state index in [9.17, 15) is 9.59 Å². The molecule has 0 unspecified atom stereocenters. The molecular formula is C12H16ClNO3S. The predicted molar refractivity (Wildman–Crippen MR) is 72.2 cm³/mol. The predicted octanol–water partition coefficient (Wildman–Crippen LogP) is 2.25. The molecule has 0 atom stereocenters. The van der Waals surface area contributed by atoms with Crippen LogP contribution in [-0.2, 0) is 4.79 Å². The summed E-state index contributed by atoms with van der Waals surface area (Å²) in [7, 11) is 0. The van der Waals surface area contributed by atoms with Gasteiger partial charge in [-0.1, -0.05) is 11.6 Å². The first-order chi connectivity index (χ1) is 8.34. The van der Waals surface area contributed by atoms with E-state index in [1.165, 1.54) is 11.3 Å². The lowest BCUT2D eigenvalue weighted by atomic mass is 10.1. The zero-order valence-corrected chi connectivity index (χ0v) is 11.9. The second kappa shape index (κ2) is 6.31. The average molecular weight is 290 g/mol. The number of Topliss-reactive ketones (excluding diaryl/α,β-unsaturated/α-hetero) is 1. The van der Waals surface area contributed by atoms with Crippen LogP contribution in [0.25, 0.3) is 0 Å². The number of rotatable bonds is 6. The van der Waals surface area contributed by atoms with Crippen molar-refractivity contribution in [2.75, 3.05) is 6.61 Å². The van der Waals surface area contributed by atoms with Gasteiger partial charge in [0.15, 0.2) is 5.78 Å². The number of ketones is 1. The fraction of sp³-hybridized carbons (Fsp3) is 0.500. The summed E-state index contributed by atoms with van der Waals surface area (Å²) in [4.78, 5) is 23.8. The van der Waals surface area contributed by atoms with Crippen molar-refractivity contribution in [2.45, 2.75) is 32.2 Å². The van der Waals surface area contributed by atoms with Gasteiger partial charge in [-0.05, 0) is 26.0 Å². The van der Waals surface area contributed by atoms with Gasteiger partial charge in [0.1, 0.15) is 0 Å². The third-order valence-electron chi connectivity index (χ3n) is 2.30. The minimum atomic E-state index is -0.660. The van der Waals surface area contributed by atoms with Crippen LogP contribution in [0.4, 0.5) is 0 Å². The maximum atomic E-state index is 11.7. The molecule has 0 aliphatic heterocycles. The lowest BCUT2D eigenvalue weighted by molar-refractivity contribution is -0.123. The molecule has 18 heavy (non-hydrogen) atoms. The Kier molecular flexibility index (Phi) is 5.31. The van der Waals surface area contributed by atoms with Gasteiger partial charge in [-0.2, -0.15) is 0 Å². The smallest absolute Gasteiger partial charge is 0.220 e. The number of carbonyl (C=O) groups excluding carboxylic acids is 2. The molecule has 100 valence electrons. The van der Waals surface area contributed by atoms with Crippen LogP contribution in [0.5, 0.6) is 0 Å². The first kappa shape index (κ1) is 15.1. The summed E-state index contributed by atoms with van der Waals surface area (Å²) in [6.07, 6.45) is 0.252. The molecule has 0 saturated heterocycles. The molecular weight excluding hydrogens is 274 g/mol. The maximum absolute atomic E-state index is 11.7. The van der Waals surface area contributed by atoms with Crippen molar-refractivity contribution in [1.82, 2.24) is 5.32 Å². The van der Waals surface area contributed by atoms with E-state index in [0.29, 0.717) is 9.21 Å². The number of carbonyl (C=O) groups is 2. The fourth-order valence-electron chi connectivity index (χ4n) is 1.29. The van der Waals surface area contributed by atoms with Crippen molar-refractivity contribution in [3.05, 3.63) is 21.3 Å². The van der Waals surface area contributed by atoms with Gasteiger partial charge in [0.2, 0.25) is 5.91 Å². The van der Waals surface area contributed by atoms with Gasteiger partial charge >= 0.3 is 0 Å². The van der Waals surface area contributed by atoms with Crippen molar-refractivity contribution in [1.29, 1.82) is 0 Å². The molecule has 1 heterocycles. The zero-order valence-electron chi connectivity index (χ0n) is 10.3. The Morgan fingerprint density at radius 2 is 2.06 bits per heavy atom. The van der Waals surface area contributed by atoms with Crippen molar-refractivity contribution in [3.63, 3.8) is 0 Å². The number of aliphatic hydroxyl groups is 1. The molecule has 1 amide bonds. The highest BCUT2D eigenvalue weighted by molar-refractivity contribution is 7.18. The Hall–Kier alpha value is -0.910. The summed E-state index contributed by atoms with van der Waals surface area (Å²) in [6, 6.07) is 3.32. The van der Waals surface area contributed by atoms with Crippen LogP contribution in [-0.4, -0.2) is 28.9 Å². The van der Waals surface area contributed by atoms with Crippen LogP contribution in [0.3, 0.4) is 0 Å². The molecule has 0 bridgehead atoms. The van der Waals surface area contributed by atoms with E-state index in [0.717, 1.165) is 0 Å². The molecule has 0 spiro atoms. The van der Waals surface area contributed by atoms with E-state index >= 15 is 0 Å². The normalized spacial score (nSPS) is 11.3. The zero-order chi connectivity index (χ0) is 13.8. The van der Waals surface area contributed by atoms with Crippen molar-refractivity contribution >= 4 is 34.6 Å². The van der Waals surface area contributed by atoms with Crippen LogP contribution in [0.1, 0.15) is 36.4 Å². The number of aliphatic hydroxyl groups excluding tert-OH is 1. The van der Waals surface area contributed by atoms with Crippen molar-refractivity contribution in [3.8, 4) is 0 Å². The highest BCUT2D eigenvalue weighted by Gasteiger charge is 2.19. The Morgan fingerprint density at radius 1 is 1.39 bits per heavy atom. The van der Waals surface area contributed by atoms with Crippen LogP contribution in [0.2, 0.25) is 4.34 Å². The van der Waals surface area contributed by atoms with Gasteiger partial charge in [-0.25, -0.2) is 0 Å². The molecule has 2 N–H and O–H groups in total. The first-order valence-corrected chi connectivity index (χ1v) is 6.74. The van der Waals surface area contributed by atoms with Gasteiger partial charge < -0.3 is 10.4 Å². The molecule has 0 fully saturated rings. The summed E-state index contributed by atoms with van der Waals surface area (Å²) < 4.78 is 0.559. The van der Waals surface area contributed by atoms with Gasteiger partial charge in [-0.15, -0.1) is 11.3 Å². The summed E-state index contributed by atoms with van der Waals surface area (Å²) in [5.41, 5.74) is -0.660. The second-order valence-corrected chi connectivity index (χ2v) is 6.33. The Morgan fingerprint density at radius 3 is 2.56 bits per heavy atom. The van der Waals surface area contributed by atoms with E-state index in [-0.39, 0.29) is 31.1 Å². The number of amides is 1. The highest BCUT2D eigenvalue weighted by atomic mass is 35.5. The SMILES string of the molecule is CC(C)(CO)NC(=O)CCC(=O)c1ccc(Cl)s1. The monoisotopic (exact) mass is 289 g/mol. The summed E-state index contributed by atoms with van der Waals surface area (Å²) in [5, 5.41) is 11.7. The van der Waals surface area contributed by atoms with Gasteiger partial charge in [0.25, 0.3) is 0 Å². The van der Waals surface area contributed by atoms with Crippen LogP contribution >= 0.6 is 22.9 Å². The molecule has 1 rings (SSSR count). The van der Waals surface area contributed by atoms with E-state index in [4.69, 9.17) is 16.7 Å². The van der Waals surface area contributed by atoms with Crippen LogP contribution in [0, 0.1) is 0 Å². The number of halogens is 1. The van der Waals surface area contributed by atoms with E-state index < -0.39 is 5.54 Å². The third-order valence-corrected chi connectivity index (χ3v) is 3.57. The third kappa shape index (κ3) is 4.76. The van der Waals surface area contributed by atoms with Crippen LogP contribution < -0.4 is 5.32 Å². The average Bonchev–Trinajstić information content (AvgIpc) is 2.72. The number of nitrogens with one attached hydrogen (secondary N) is 1. The number of hydrogen-bond donors (Lipinski definition) is 2. The lowest BCUT2D eigenvalue weighted by Gasteiger charge is -2.23. The topological polar surface area (TPSA) is 66.4 Å². The molecule has 4 nitrogen and oxygen atoms in total. The molecule has 1 aromatic rings. The minimum absolute atomic E-state index is 0.0937. The molecule has 1 aromatic heterocycles. The van der Waals surface area contributed by atoms with Crippen LogP contribution in [0.15, 0.2) is 12.1 Å². The second-order valence-electron chi connectivity index (χ2n) is 4.62. The molecule has 0 saturated carbocycles. The molecule has 0 aliphatic carbocycles. The standard InChI is InChI=1S/C12H16ClNO3S/c1-12(2,7-15)14-11(17)6-3-8(16)9-4-5-10(13)18-9/h4-5,15H,3,6-7H2,1-2H3,(H,14,17). The molecule has 0 aliphatic rings. The molecule has 0 aromatic carbocycles. The highest BCUT2D eigenvalue weighted by Crippen LogP contribution is 2.22. The van der Waals surface area contributed by atoms with E-state index in [2.05, 4.69) is 5.32 Å². The van der Waals surface area contributed by atoms with Gasteiger partial charge in [-0.3, -0.25) is 9.59 Å². The Balaban J connectivity index is 2.42. The van der Waals surface area contributed by atoms with Gasteiger partial charge in [0, 0.05) is 12.8 Å². The van der Waals surface area contributed by atoms with E-state index in [1.54, 1.807) is 26.0 Å². The molecule has 6 heteroatoms. The van der Waals surface area contributed by atoms with E-state index in [1.807, 2.05) is 0 Å². The minimum Gasteiger partial charge on any atom is -0.394 e. The Bertz CT molecular complexity index is 442. The summed E-state index contributed by atoms with van der Waals surface area (Å²) in [5.74, 6) is -0.339. The number of thiophene rings is 1. The Labute approximate surface area is 115 Å². The molecule has 0 radical (unpaired) electrons. The summed E-state index contributed by atoms with van der Waals surface area (Å²) in [6.45, 7) is 3.28. The lowest BCUT2D eigenvalue weighted by Crippen LogP contribution is -2.46. The quantitative estimate of drug-likeness (QED) is 0.790. The van der Waals surface area contributed by atoms with Gasteiger partial charge in [0.05, 0.1) is 21.4 Å². The fourth-order valence-corrected chi connectivity index (χ4v) is 2.30. The number of hydrogen-bond acceptors (Lipinski definition) is 4. The van der Waals surface area contributed by atoms with Crippen molar-refractivity contribution in [2.24, 2.45) is 0 Å².